The van der Waals surface area contributed by atoms with Gasteiger partial charge in [-0.15, -0.1) is 0 Å². The number of rotatable bonds is 4. The van der Waals surface area contributed by atoms with Gasteiger partial charge < -0.3 is 15.5 Å². The van der Waals surface area contributed by atoms with Crippen LogP contribution >= 0.6 is 0 Å². The van der Waals surface area contributed by atoms with Crippen LogP contribution in [0, 0.1) is 34.5 Å². The van der Waals surface area contributed by atoms with Crippen LogP contribution in [0.5, 0.6) is 0 Å². The third-order valence-electron chi connectivity index (χ3n) is 10.6. The molecule has 0 aromatic rings. The lowest BCUT2D eigenvalue weighted by atomic mass is 9.43. The molecular formula is C25H42N4O2. The molecule has 1 aliphatic heterocycles. The molecule has 0 unspecified atom stereocenters. The molecular weight excluding hydrogens is 388 g/mol. The van der Waals surface area contributed by atoms with Crippen LogP contribution in [0.2, 0.25) is 0 Å². The Kier molecular flexibility index (Phi) is 5.61. The van der Waals surface area contributed by atoms with Gasteiger partial charge in [0, 0.05) is 12.8 Å². The smallest absolute Gasteiger partial charge is 0.212 e. The van der Waals surface area contributed by atoms with Crippen LogP contribution in [0.25, 0.3) is 0 Å². The molecule has 0 amide bonds. The van der Waals surface area contributed by atoms with Crippen molar-refractivity contribution in [3.8, 4) is 0 Å². The monoisotopic (exact) mass is 430 g/mol. The number of fused-ring (bicyclic) bond motifs is 5. The van der Waals surface area contributed by atoms with Crippen molar-refractivity contribution in [2.45, 2.75) is 96.2 Å². The fourth-order valence-corrected chi connectivity index (χ4v) is 8.70. The number of hydrogen-bond acceptors (Lipinski definition) is 6. The first-order chi connectivity index (χ1) is 14.9. The lowest BCUT2D eigenvalue weighted by Crippen LogP contribution is -2.62. The number of aliphatic hydroxyl groups is 2. The predicted molar refractivity (Wildman–Crippen MR) is 124 cm³/mol. The van der Waals surface area contributed by atoms with Crippen LogP contribution in [-0.4, -0.2) is 47.2 Å². The molecule has 1 heterocycles. The van der Waals surface area contributed by atoms with Crippen molar-refractivity contribution in [1.82, 2.24) is 10.7 Å². The maximum absolute atomic E-state index is 12.2. The fraction of sp³-hybridized carbons (Fsp3) is 0.920. The zero-order valence-corrected chi connectivity index (χ0v) is 19.4. The van der Waals surface area contributed by atoms with Crippen molar-refractivity contribution in [2.24, 2.45) is 44.6 Å². The molecule has 4 N–H and O–H groups in total. The standard InChI is InChI=1S/C25H42N4O2/c1-23-10-8-19(30)16-18(23)5-6-21-20(23)9-11-24(2)17(7-12-25(21,24)31)4-3-13-28-29-22-26-14-15-27-22/h13,17-21,30-31H,3-12,14-16H2,1-2H3,(H2,26,27,29)/b28-13+/t17-,18+,19-,20-,21+,23-,24+,25-/m0/s1. The van der Waals surface area contributed by atoms with Crippen molar-refractivity contribution in [1.29, 1.82) is 0 Å². The number of guanidine groups is 1. The van der Waals surface area contributed by atoms with Gasteiger partial charge in [-0.05, 0) is 105 Å². The summed E-state index contributed by atoms with van der Waals surface area (Å²) in [5.41, 5.74) is 2.82. The molecule has 0 aromatic heterocycles. The number of aliphatic hydroxyl groups excluding tert-OH is 1. The third-order valence-corrected chi connectivity index (χ3v) is 10.6. The zero-order chi connectivity index (χ0) is 21.7. The van der Waals surface area contributed by atoms with Crippen LogP contribution in [0.3, 0.4) is 0 Å². The first kappa shape index (κ1) is 21.7. The lowest BCUT2D eigenvalue weighted by molar-refractivity contribution is -0.210. The number of hydrogen-bond donors (Lipinski definition) is 4. The maximum atomic E-state index is 12.2. The van der Waals surface area contributed by atoms with Gasteiger partial charge in [-0.1, -0.05) is 13.8 Å². The van der Waals surface area contributed by atoms with Gasteiger partial charge in [-0.2, -0.15) is 5.10 Å². The maximum Gasteiger partial charge on any atom is 0.212 e. The predicted octanol–water partition coefficient (Wildman–Crippen LogP) is 3.44. The molecule has 31 heavy (non-hydrogen) atoms. The summed E-state index contributed by atoms with van der Waals surface area (Å²) < 4.78 is 0. The highest BCUT2D eigenvalue weighted by atomic mass is 16.3. The van der Waals surface area contributed by atoms with Gasteiger partial charge in [0.2, 0.25) is 5.96 Å². The molecule has 0 spiro atoms. The summed E-state index contributed by atoms with van der Waals surface area (Å²) in [5, 5.41) is 30.0. The van der Waals surface area contributed by atoms with Crippen LogP contribution in [0.15, 0.2) is 10.1 Å². The van der Waals surface area contributed by atoms with E-state index in [1.165, 1.54) is 12.8 Å². The summed E-state index contributed by atoms with van der Waals surface area (Å²) in [6.07, 6.45) is 13.8. The second kappa shape index (κ2) is 8.02. The molecule has 5 rings (SSSR count). The summed E-state index contributed by atoms with van der Waals surface area (Å²) in [7, 11) is 0. The third kappa shape index (κ3) is 3.43. The average molecular weight is 431 g/mol. The molecule has 6 heteroatoms. The van der Waals surface area contributed by atoms with Crippen molar-refractivity contribution in [3.05, 3.63) is 0 Å². The summed E-state index contributed by atoms with van der Waals surface area (Å²) in [6.45, 7) is 6.59. The van der Waals surface area contributed by atoms with Crippen molar-refractivity contribution in [2.75, 3.05) is 13.1 Å². The van der Waals surface area contributed by atoms with E-state index in [1.807, 2.05) is 6.21 Å². The lowest BCUT2D eigenvalue weighted by Gasteiger charge is -2.63. The molecule has 4 aliphatic carbocycles. The first-order valence-electron chi connectivity index (χ1n) is 12.8. The normalized spacial score (nSPS) is 49.2. The topological polar surface area (TPSA) is 89.2 Å². The van der Waals surface area contributed by atoms with Crippen molar-refractivity contribution in [3.63, 3.8) is 0 Å². The van der Waals surface area contributed by atoms with Gasteiger partial charge in [0.25, 0.3) is 0 Å². The second-order valence-corrected chi connectivity index (χ2v) is 11.7. The number of nitrogens with zero attached hydrogens (tertiary/aromatic N) is 2. The second-order valence-electron chi connectivity index (χ2n) is 11.7. The highest BCUT2D eigenvalue weighted by Gasteiger charge is 2.66. The van der Waals surface area contributed by atoms with Crippen molar-refractivity contribution < 1.29 is 10.2 Å². The first-order valence-corrected chi connectivity index (χ1v) is 12.8. The number of hydrazone groups is 1. The summed E-state index contributed by atoms with van der Waals surface area (Å²) in [4.78, 5) is 4.30. The Balaban J connectivity index is 1.25. The van der Waals surface area contributed by atoms with E-state index in [9.17, 15) is 10.2 Å². The van der Waals surface area contributed by atoms with Crippen LogP contribution in [-0.2, 0) is 0 Å². The van der Waals surface area contributed by atoms with E-state index in [-0.39, 0.29) is 11.5 Å². The van der Waals surface area contributed by atoms with Gasteiger partial charge in [-0.25, -0.2) is 10.4 Å². The Labute approximate surface area is 187 Å². The Morgan fingerprint density at radius 3 is 2.81 bits per heavy atom. The van der Waals surface area contributed by atoms with Crippen LogP contribution in [0.1, 0.15) is 84.5 Å². The summed E-state index contributed by atoms with van der Waals surface area (Å²) in [6, 6.07) is 0. The molecule has 8 atom stereocenters. The zero-order valence-electron chi connectivity index (χ0n) is 19.4. The van der Waals surface area contributed by atoms with Gasteiger partial charge in [0.15, 0.2) is 0 Å². The SMILES string of the molecule is C[C@]12CC[C@H](O)C[C@H]1CC[C@@H]1[C@@H]2CC[C@]2(C)[C@@H](CC/C=N/NC3=NCCN3)CC[C@]12O. The molecule has 4 fully saturated rings. The minimum Gasteiger partial charge on any atom is -0.393 e. The minimum absolute atomic E-state index is 0.0317. The Bertz CT molecular complexity index is 741. The quantitative estimate of drug-likeness (QED) is 0.406. The molecule has 0 aromatic carbocycles. The van der Waals surface area contributed by atoms with E-state index < -0.39 is 5.60 Å². The van der Waals surface area contributed by atoms with Crippen LogP contribution in [0.4, 0.5) is 0 Å². The van der Waals surface area contributed by atoms with Crippen LogP contribution < -0.4 is 10.7 Å². The molecule has 0 bridgehead atoms. The largest absolute Gasteiger partial charge is 0.393 e. The minimum atomic E-state index is -0.511. The van der Waals surface area contributed by atoms with Crippen molar-refractivity contribution >= 4 is 12.2 Å². The summed E-state index contributed by atoms with van der Waals surface area (Å²) >= 11 is 0. The number of nitrogens with one attached hydrogen (secondary N) is 2. The Hall–Kier alpha value is -1.14. The van der Waals surface area contributed by atoms with Gasteiger partial charge in [0.05, 0.1) is 18.2 Å². The molecule has 5 aliphatic rings. The van der Waals surface area contributed by atoms with Gasteiger partial charge in [-0.3, -0.25) is 0 Å². The Morgan fingerprint density at radius 1 is 1.13 bits per heavy atom. The van der Waals surface area contributed by atoms with E-state index >= 15 is 0 Å². The summed E-state index contributed by atoms with van der Waals surface area (Å²) in [5.74, 6) is 3.06. The fourth-order valence-electron chi connectivity index (χ4n) is 8.70. The average Bonchev–Trinajstić information content (AvgIpc) is 3.35. The van der Waals surface area contributed by atoms with E-state index in [2.05, 4.69) is 34.7 Å². The highest BCUT2D eigenvalue weighted by molar-refractivity contribution is 5.81. The van der Waals surface area contributed by atoms with E-state index in [0.717, 1.165) is 76.8 Å². The van der Waals surface area contributed by atoms with E-state index in [1.54, 1.807) is 0 Å². The molecule has 174 valence electrons. The Morgan fingerprint density at radius 2 is 2.00 bits per heavy atom. The van der Waals surface area contributed by atoms with E-state index in [0.29, 0.717) is 29.1 Å². The molecule has 4 saturated carbocycles. The molecule has 0 radical (unpaired) electrons. The van der Waals surface area contributed by atoms with Gasteiger partial charge >= 0.3 is 0 Å². The molecule has 6 nitrogen and oxygen atoms in total. The highest BCUT2D eigenvalue weighted by Crippen LogP contribution is 2.69. The van der Waals surface area contributed by atoms with Gasteiger partial charge in [0.1, 0.15) is 0 Å². The molecule has 0 saturated heterocycles. The van der Waals surface area contributed by atoms with E-state index in [4.69, 9.17) is 0 Å². The number of aliphatic imine (C=N–C) groups is 1.